The first kappa shape index (κ1) is 9.10. The molecule has 0 aromatic carbocycles. The van der Waals surface area contributed by atoms with E-state index in [0.717, 1.165) is 0 Å². The van der Waals surface area contributed by atoms with E-state index in [4.69, 9.17) is 11.5 Å². The highest BCUT2D eigenvalue weighted by Crippen LogP contribution is 1.83. The van der Waals surface area contributed by atoms with Gasteiger partial charge in [0.1, 0.15) is 5.84 Å². The minimum absolute atomic E-state index is 0.205. The van der Waals surface area contributed by atoms with Crippen molar-refractivity contribution in [3.8, 4) is 0 Å². The monoisotopic (exact) mass is 142 g/mol. The Hall–Kier alpha value is -0.900. The van der Waals surface area contributed by atoms with Gasteiger partial charge in [-0.25, -0.2) is 4.99 Å². The smallest absolute Gasteiger partial charge is 0.124 e. The van der Waals surface area contributed by atoms with E-state index in [0.29, 0.717) is 11.7 Å². The fraction of sp³-hybridized carbons (Fsp3) is 0.667. The zero-order valence-corrected chi connectivity index (χ0v) is 6.63. The van der Waals surface area contributed by atoms with Crippen LogP contribution >= 0.6 is 0 Å². The van der Waals surface area contributed by atoms with E-state index >= 15 is 0 Å². The summed E-state index contributed by atoms with van der Waals surface area (Å²) in [5.41, 5.74) is 10.7. The average molecular weight is 142 g/mol. The second-order valence-corrected chi connectivity index (χ2v) is 2.17. The van der Waals surface area contributed by atoms with Crippen LogP contribution in [0.1, 0.15) is 20.8 Å². The summed E-state index contributed by atoms with van der Waals surface area (Å²) in [4.78, 5) is 7.83. The summed E-state index contributed by atoms with van der Waals surface area (Å²) in [5.74, 6) is 1.12. The molecule has 1 atom stereocenters. The van der Waals surface area contributed by atoms with Crippen molar-refractivity contribution in [3.63, 3.8) is 0 Å². The normalized spacial score (nSPS) is 17.2. The largest absolute Gasteiger partial charge is 0.387 e. The molecule has 0 fully saturated rings. The van der Waals surface area contributed by atoms with Gasteiger partial charge in [-0.05, 0) is 20.8 Å². The number of hydrogen-bond donors (Lipinski definition) is 2. The zero-order valence-electron chi connectivity index (χ0n) is 6.63. The third-order valence-electron chi connectivity index (χ3n) is 0.729. The van der Waals surface area contributed by atoms with Crippen molar-refractivity contribution in [1.82, 2.24) is 0 Å². The molecule has 4 N–H and O–H groups in total. The molecule has 0 aliphatic heterocycles. The van der Waals surface area contributed by atoms with Crippen molar-refractivity contribution < 1.29 is 0 Å². The Morgan fingerprint density at radius 2 is 1.90 bits per heavy atom. The van der Waals surface area contributed by atoms with Crippen LogP contribution in [0.15, 0.2) is 9.98 Å². The van der Waals surface area contributed by atoms with Gasteiger partial charge in [-0.2, -0.15) is 0 Å². The quantitative estimate of drug-likeness (QED) is 0.402. The second-order valence-electron chi connectivity index (χ2n) is 2.17. The maximum atomic E-state index is 5.37. The molecule has 0 bridgehead atoms. The van der Waals surface area contributed by atoms with Gasteiger partial charge >= 0.3 is 0 Å². The minimum Gasteiger partial charge on any atom is -0.387 e. The van der Waals surface area contributed by atoms with Gasteiger partial charge in [0.05, 0.1) is 12.0 Å². The van der Waals surface area contributed by atoms with E-state index in [-0.39, 0.29) is 6.17 Å². The SMILES string of the molecule is CC(N)=NC(C)=NC(C)N. The van der Waals surface area contributed by atoms with Crippen LogP contribution in [0.5, 0.6) is 0 Å². The van der Waals surface area contributed by atoms with E-state index < -0.39 is 0 Å². The standard InChI is InChI=1S/C6H14N4/c1-4(7)9-6(3)10-5(2)8/h4H,7H2,1-3H3,(H2,8,9,10). The Labute approximate surface area is 61.0 Å². The van der Waals surface area contributed by atoms with Crippen LogP contribution in [0, 0.1) is 0 Å². The highest BCUT2D eigenvalue weighted by molar-refractivity contribution is 5.93. The predicted molar refractivity (Wildman–Crippen MR) is 44.1 cm³/mol. The molecule has 1 unspecified atom stereocenters. The summed E-state index contributed by atoms with van der Waals surface area (Å²) in [6, 6.07) is 0. The Kier molecular flexibility index (Phi) is 3.64. The predicted octanol–water partition coefficient (Wildman–Crippen LogP) is 0.0866. The van der Waals surface area contributed by atoms with Gasteiger partial charge in [0.25, 0.3) is 0 Å². The van der Waals surface area contributed by atoms with Crippen molar-refractivity contribution in [2.45, 2.75) is 26.9 Å². The van der Waals surface area contributed by atoms with Crippen molar-refractivity contribution in [1.29, 1.82) is 0 Å². The average Bonchev–Trinajstić information content (AvgIpc) is 1.58. The summed E-state index contributed by atoms with van der Waals surface area (Å²) in [7, 11) is 0. The third-order valence-corrected chi connectivity index (χ3v) is 0.729. The first-order chi connectivity index (χ1) is 4.52. The van der Waals surface area contributed by atoms with Crippen LogP contribution in [-0.2, 0) is 0 Å². The second kappa shape index (κ2) is 4.00. The fourth-order valence-electron chi connectivity index (χ4n) is 0.579. The summed E-state index contributed by atoms with van der Waals surface area (Å²) in [6.45, 7) is 5.25. The maximum absolute atomic E-state index is 5.37. The first-order valence-corrected chi connectivity index (χ1v) is 3.13. The van der Waals surface area contributed by atoms with Crippen molar-refractivity contribution in [3.05, 3.63) is 0 Å². The Morgan fingerprint density at radius 1 is 1.40 bits per heavy atom. The molecule has 0 aromatic heterocycles. The van der Waals surface area contributed by atoms with Crippen molar-refractivity contribution in [2.75, 3.05) is 0 Å². The number of hydrogen-bond acceptors (Lipinski definition) is 2. The number of aliphatic imine (C=N–C) groups is 2. The van der Waals surface area contributed by atoms with Gasteiger partial charge in [-0.1, -0.05) is 0 Å². The Morgan fingerprint density at radius 3 is 2.20 bits per heavy atom. The summed E-state index contributed by atoms with van der Waals surface area (Å²) in [6.07, 6.45) is -0.205. The van der Waals surface area contributed by atoms with Gasteiger partial charge in [-0.15, -0.1) is 0 Å². The molecular weight excluding hydrogens is 128 g/mol. The molecule has 0 rings (SSSR count). The fourth-order valence-corrected chi connectivity index (χ4v) is 0.579. The Bertz CT molecular complexity index is 153. The molecule has 58 valence electrons. The lowest BCUT2D eigenvalue weighted by atomic mass is 10.6. The zero-order chi connectivity index (χ0) is 8.15. The lowest BCUT2D eigenvalue weighted by molar-refractivity contribution is 0.790. The molecule has 0 aliphatic rings. The van der Waals surface area contributed by atoms with Gasteiger partial charge in [0.2, 0.25) is 0 Å². The van der Waals surface area contributed by atoms with Gasteiger partial charge < -0.3 is 11.5 Å². The van der Waals surface area contributed by atoms with Gasteiger partial charge in [-0.3, -0.25) is 4.99 Å². The molecule has 0 saturated heterocycles. The van der Waals surface area contributed by atoms with Gasteiger partial charge in [0.15, 0.2) is 0 Å². The summed E-state index contributed by atoms with van der Waals surface area (Å²) in [5, 5.41) is 0. The molecule has 0 heterocycles. The summed E-state index contributed by atoms with van der Waals surface area (Å²) >= 11 is 0. The molecule has 0 aliphatic carbocycles. The molecule has 0 radical (unpaired) electrons. The minimum atomic E-state index is -0.205. The molecule has 0 aromatic rings. The molecule has 0 saturated carbocycles. The molecule has 4 nitrogen and oxygen atoms in total. The number of amidine groups is 2. The van der Waals surface area contributed by atoms with Crippen LogP contribution in [0.3, 0.4) is 0 Å². The van der Waals surface area contributed by atoms with Crippen molar-refractivity contribution >= 4 is 11.7 Å². The molecule has 0 amide bonds. The highest BCUT2D eigenvalue weighted by atomic mass is 15.0. The number of nitrogens with zero attached hydrogens (tertiary/aromatic N) is 2. The van der Waals surface area contributed by atoms with Crippen LogP contribution in [0.4, 0.5) is 0 Å². The molecule has 0 spiro atoms. The van der Waals surface area contributed by atoms with Crippen LogP contribution in [0.25, 0.3) is 0 Å². The first-order valence-electron chi connectivity index (χ1n) is 3.13. The molecule has 10 heavy (non-hydrogen) atoms. The highest BCUT2D eigenvalue weighted by Gasteiger charge is 1.89. The van der Waals surface area contributed by atoms with Crippen LogP contribution in [0.2, 0.25) is 0 Å². The summed E-state index contributed by atoms with van der Waals surface area (Å²) < 4.78 is 0. The third kappa shape index (κ3) is 5.24. The van der Waals surface area contributed by atoms with E-state index in [9.17, 15) is 0 Å². The van der Waals surface area contributed by atoms with E-state index in [1.54, 1.807) is 20.8 Å². The lowest BCUT2D eigenvalue weighted by Crippen LogP contribution is -2.14. The van der Waals surface area contributed by atoms with E-state index in [2.05, 4.69) is 9.98 Å². The van der Waals surface area contributed by atoms with Crippen molar-refractivity contribution in [2.24, 2.45) is 21.5 Å². The van der Waals surface area contributed by atoms with E-state index in [1.807, 2.05) is 0 Å². The van der Waals surface area contributed by atoms with Crippen LogP contribution < -0.4 is 11.5 Å². The Balaban J connectivity index is 4.08. The number of nitrogens with two attached hydrogens (primary N) is 2. The maximum Gasteiger partial charge on any atom is 0.124 e. The van der Waals surface area contributed by atoms with E-state index in [1.165, 1.54) is 0 Å². The van der Waals surface area contributed by atoms with Crippen LogP contribution in [-0.4, -0.2) is 17.8 Å². The topological polar surface area (TPSA) is 76.8 Å². The number of rotatable bonds is 1. The lowest BCUT2D eigenvalue weighted by Gasteiger charge is -1.97. The molecule has 4 heteroatoms. The van der Waals surface area contributed by atoms with Gasteiger partial charge in [0, 0.05) is 0 Å². The molecular formula is C6H14N4.